The van der Waals surface area contributed by atoms with Crippen LogP contribution in [0.2, 0.25) is 0 Å². The first-order chi connectivity index (χ1) is 4.33. The fourth-order valence-electron chi connectivity index (χ4n) is 0.984. The lowest BCUT2D eigenvalue weighted by molar-refractivity contribution is 0.0664. The van der Waals surface area contributed by atoms with E-state index < -0.39 is 6.17 Å². The fraction of sp³-hybridized carbons (Fsp3) is 1.00. The summed E-state index contributed by atoms with van der Waals surface area (Å²) in [5, 5.41) is 0. The smallest absolute Gasteiger partial charge is 0.125 e. The van der Waals surface area contributed by atoms with Crippen LogP contribution in [0.5, 0.6) is 0 Å². The number of rotatable bonds is 3. The van der Waals surface area contributed by atoms with Gasteiger partial charge in [0.15, 0.2) is 0 Å². The van der Waals surface area contributed by atoms with Gasteiger partial charge in [0.1, 0.15) is 6.17 Å². The summed E-state index contributed by atoms with van der Waals surface area (Å²) in [4.78, 5) is 2.11. The normalized spacial score (nSPS) is 22.0. The van der Waals surface area contributed by atoms with Crippen LogP contribution in [0.3, 0.4) is 0 Å². The third-order valence-corrected chi connectivity index (χ3v) is 1.86. The van der Waals surface area contributed by atoms with E-state index in [1.54, 1.807) is 0 Å². The van der Waals surface area contributed by atoms with Crippen molar-refractivity contribution in [2.75, 3.05) is 25.4 Å². The zero-order valence-corrected chi connectivity index (χ0v) is 6.28. The van der Waals surface area contributed by atoms with E-state index in [4.69, 9.17) is 0 Å². The SMILES string of the molecule is FC1CN(CCCS)C1. The molecule has 1 fully saturated rings. The van der Waals surface area contributed by atoms with Crippen molar-refractivity contribution in [3.63, 3.8) is 0 Å². The van der Waals surface area contributed by atoms with E-state index in [2.05, 4.69) is 17.5 Å². The number of alkyl halides is 1. The van der Waals surface area contributed by atoms with Gasteiger partial charge in [-0.1, -0.05) is 0 Å². The van der Waals surface area contributed by atoms with Gasteiger partial charge in [-0.25, -0.2) is 4.39 Å². The van der Waals surface area contributed by atoms with Gasteiger partial charge in [0, 0.05) is 13.1 Å². The van der Waals surface area contributed by atoms with Crippen LogP contribution in [-0.4, -0.2) is 36.5 Å². The second kappa shape index (κ2) is 3.42. The van der Waals surface area contributed by atoms with Gasteiger partial charge in [-0.3, -0.25) is 4.90 Å². The topological polar surface area (TPSA) is 3.24 Å². The number of hydrogen-bond acceptors (Lipinski definition) is 2. The van der Waals surface area contributed by atoms with Gasteiger partial charge in [-0.2, -0.15) is 12.6 Å². The summed E-state index contributed by atoms with van der Waals surface area (Å²) in [6, 6.07) is 0. The largest absolute Gasteiger partial charge is 0.297 e. The van der Waals surface area contributed by atoms with Crippen molar-refractivity contribution in [3.8, 4) is 0 Å². The van der Waals surface area contributed by atoms with Crippen LogP contribution >= 0.6 is 12.6 Å². The highest BCUT2D eigenvalue weighted by atomic mass is 32.1. The maximum atomic E-state index is 12.1. The van der Waals surface area contributed by atoms with Crippen LogP contribution in [0, 0.1) is 0 Å². The standard InChI is InChI=1S/C6H12FNS/c7-6-4-8(5-6)2-1-3-9/h6,9H,1-5H2. The summed E-state index contributed by atoms with van der Waals surface area (Å²) >= 11 is 4.06. The Hall–Kier alpha value is 0.240. The van der Waals surface area contributed by atoms with Crippen molar-refractivity contribution in [2.45, 2.75) is 12.6 Å². The molecule has 3 heteroatoms. The van der Waals surface area contributed by atoms with Gasteiger partial charge in [0.2, 0.25) is 0 Å². The molecule has 1 nitrogen and oxygen atoms in total. The second-order valence-corrected chi connectivity index (χ2v) is 2.88. The van der Waals surface area contributed by atoms with Crippen LogP contribution in [0.4, 0.5) is 4.39 Å². The molecule has 0 aromatic heterocycles. The van der Waals surface area contributed by atoms with E-state index >= 15 is 0 Å². The molecule has 54 valence electrons. The quantitative estimate of drug-likeness (QED) is 0.585. The van der Waals surface area contributed by atoms with E-state index in [-0.39, 0.29) is 0 Å². The van der Waals surface area contributed by atoms with Crippen LogP contribution in [0.25, 0.3) is 0 Å². The molecule has 1 saturated heterocycles. The lowest BCUT2D eigenvalue weighted by Crippen LogP contribution is -2.48. The van der Waals surface area contributed by atoms with E-state index in [0.717, 1.165) is 18.7 Å². The number of hydrogen-bond donors (Lipinski definition) is 1. The molecular formula is C6H12FNS. The zero-order chi connectivity index (χ0) is 6.69. The third kappa shape index (κ3) is 2.14. The monoisotopic (exact) mass is 149 g/mol. The number of nitrogens with zero attached hydrogens (tertiary/aromatic N) is 1. The summed E-state index contributed by atoms with van der Waals surface area (Å²) in [7, 11) is 0. The highest BCUT2D eigenvalue weighted by Gasteiger charge is 2.24. The molecule has 0 spiro atoms. The predicted octanol–water partition coefficient (Wildman–Crippen LogP) is 0.960. The maximum absolute atomic E-state index is 12.1. The van der Waals surface area contributed by atoms with Crippen LogP contribution in [0.15, 0.2) is 0 Å². The maximum Gasteiger partial charge on any atom is 0.125 e. The molecule has 1 rings (SSSR count). The minimum atomic E-state index is -0.551. The highest BCUT2D eigenvalue weighted by Crippen LogP contribution is 2.10. The number of thiol groups is 1. The molecule has 0 amide bonds. The van der Waals surface area contributed by atoms with E-state index in [1.807, 2.05) is 0 Å². The lowest BCUT2D eigenvalue weighted by Gasteiger charge is -2.33. The Bertz CT molecular complexity index is 83.1. The molecule has 0 unspecified atom stereocenters. The Labute approximate surface area is 60.6 Å². The van der Waals surface area contributed by atoms with E-state index in [1.165, 1.54) is 0 Å². The number of halogens is 1. The van der Waals surface area contributed by atoms with Gasteiger partial charge in [-0.05, 0) is 18.7 Å². The molecule has 1 aliphatic heterocycles. The van der Waals surface area contributed by atoms with Crippen LogP contribution < -0.4 is 0 Å². The molecule has 0 bridgehead atoms. The van der Waals surface area contributed by atoms with E-state index in [0.29, 0.717) is 13.1 Å². The molecule has 1 aliphatic rings. The summed E-state index contributed by atoms with van der Waals surface area (Å²) in [5.74, 6) is 0.910. The minimum absolute atomic E-state index is 0.551. The number of likely N-dealkylation sites (tertiary alicyclic amines) is 1. The first-order valence-corrected chi connectivity index (χ1v) is 3.93. The molecule has 0 aromatic rings. The summed E-state index contributed by atoms with van der Waals surface area (Å²) in [5.41, 5.74) is 0. The fourth-order valence-corrected chi connectivity index (χ4v) is 1.13. The molecule has 1 heterocycles. The Morgan fingerprint density at radius 1 is 1.56 bits per heavy atom. The van der Waals surface area contributed by atoms with Crippen molar-refractivity contribution >= 4 is 12.6 Å². The molecule has 0 radical (unpaired) electrons. The van der Waals surface area contributed by atoms with Crippen molar-refractivity contribution in [2.24, 2.45) is 0 Å². The highest BCUT2D eigenvalue weighted by molar-refractivity contribution is 7.80. The summed E-state index contributed by atoms with van der Waals surface area (Å²) < 4.78 is 12.1. The molecule has 0 atom stereocenters. The Kier molecular flexibility index (Phi) is 2.79. The van der Waals surface area contributed by atoms with Crippen molar-refractivity contribution in [1.82, 2.24) is 4.90 Å². The predicted molar refractivity (Wildman–Crippen MR) is 39.8 cm³/mol. The zero-order valence-electron chi connectivity index (χ0n) is 5.39. The van der Waals surface area contributed by atoms with Gasteiger partial charge in [-0.15, -0.1) is 0 Å². The van der Waals surface area contributed by atoms with Gasteiger partial charge in [0.05, 0.1) is 0 Å². The van der Waals surface area contributed by atoms with E-state index in [9.17, 15) is 4.39 Å². The summed E-state index contributed by atoms with van der Waals surface area (Å²) in [6.07, 6.45) is 0.528. The minimum Gasteiger partial charge on any atom is -0.297 e. The Balaban J connectivity index is 1.91. The second-order valence-electron chi connectivity index (χ2n) is 2.43. The first-order valence-electron chi connectivity index (χ1n) is 3.30. The molecule has 9 heavy (non-hydrogen) atoms. The van der Waals surface area contributed by atoms with Gasteiger partial charge >= 0.3 is 0 Å². The van der Waals surface area contributed by atoms with Crippen molar-refractivity contribution in [1.29, 1.82) is 0 Å². The molecule has 0 saturated carbocycles. The molecule has 0 aromatic carbocycles. The third-order valence-electron chi connectivity index (χ3n) is 1.55. The average molecular weight is 149 g/mol. The first kappa shape index (κ1) is 7.35. The molecular weight excluding hydrogens is 137 g/mol. The van der Waals surface area contributed by atoms with Crippen molar-refractivity contribution in [3.05, 3.63) is 0 Å². The van der Waals surface area contributed by atoms with Crippen LogP contribution in [-0.2, 0) is 0 Å². The Morgan fingerprint density at radius 2 is 2.22 bits per heavy atom. The molecule has 0 N–H and O–H groups in total. The van der Waals surface area contributed by atoms with Gasteiger partial charge < -0.3 is 0 Å². The van der Waals surface area contributed by atoms with Crippen molar-refractivity contribution < 1.29 is 4.39 Å². The summed E-state index contributed by atoms with van der Waals surface area (Å²) in [6.45, 7) is 2.31. The lowest BCUT2D eigenvalue weighted by atomic mass is 10.2. The Morgan fingerprint density at radius 3 is 2.67 bits per heavy atom. The molecule has 0 aliphatic carbocycles. The van der Waals surface area contributed by atoms with Gasteiger partial charge in [0.25, 0.3) is 0 Å². The average Bonchev–Trinajstić information content (AvgIpc) is 1.78. The van der Waals surface area contributed by atoms with Crippen LogP contribution in [0.1, 0.15) is 6.42 Å².